The van der Waals surface area contributed by atoms with Gasteiger partial charge in [0, 0.05) is 29.5 Å². The van der Waals surface area contributed by atoms with Crippen molar-refractivity contribution >= 4 is 40.8 Å². The molecule has 1 aromatic carbocycles. The van der Waals surface area contributed by atoms with Crippen LogP contribution in [0.25, 0.3) is 6.08 Å². The lowest BCUT2D eigenvalue weighted by Gasteiger charge is -2.08. The van der Waals surface area contributed by atoms with E-state index < -0.39 is 11.8 Å². The molecular formula is C19H21N3O3S. The van der Waals surface area contributed by atoms with Crippen LogP contribution in [-0.2, 0) is 14.4 Å². The highest BCUT2D eigenvalue weighted by Crippen LogP contribution is 2.14. The maximum Gasteiger partial charge on any atom is 0.262 e. The Labute approximate surface area is 156 Å². The summed E-state index contributed by atoms with van der Waals surface area (Å²) in [6, 6.07) is 9.39. The fourth-order valence-corrected chi connectivity index (χ4v) is 2.67. The molecule has 0 saturated heterocycles. The van der Waals surface area contributed by atoms with Gasteiger partial charge in [0.2, 0.25) is 11.8 Å². The number of carbonyl (C=O) groups excluding carboxylic acids is 3. The number of benzene rings is 1. The zero-order valence-electron chi connectivity index (χ0n) is 14.7. The van der Waals surface area contributed by atoms with Crippen molar-refractivity contribution in [1.29, 1.82) is 0 Å². The topological polar surface area (TPSA) is 87.3 Å². The molecule has 1 heterocycles. The Bertz CT molecular complexity index is 813. The third-order valence-electron chi connectivity index (χ3n) is 3.64. The second-order valence-electron chi connectivity index (χ2n) is 5.73. The van der Waals surface area contributed by atoms with Gasteiger partial charge in [0.05, 0.1) is 0 Å². The predicted octanol–water partition coefficient (Wildman–Crippen LogP) is 2.94. The van der Waals surface area contributed by atoms with Gasteiger partial charge in [-0.3, -0.25) is 25.2 Å². The van der Waals surface area contributed by atoms with Crippen LogP contribution in [-0.4, -0.2) is 17.7 Å². The quantitative estimate of drug-likeness (QED) is 0.539. The molecule has 2 rings (SSSR count). The van der Waals surface area contributed by atoms with Crippen molar-refractivity contribution in [2.24, 2.45) is 0 Å². The number of hydrogen-bond acceptors (Lipinski definition) is 4. The Morgan fingerprint density at radius 3 is 2.46 bits per heavy atom. The van der Waals surface area contributed by atoms with Crippen molar-refractivity contribution in [2.45, 2.75) is 26.7 Å². The summed E-state index contributed by atoms with van der Waals surface area (Å²) in [7, 11) is 0. The molecule has 0 atom stereocenters. The minimum atomic E-state index is -0.439. The van der Waals surface area contributed by atoms with E-state index >= 15 is 0 Å². The average molecular weight is 371 g/mol. The Balaban J connectivity index is 1.68. The van der Waals surface area contributed by atoms with Crippen LogP contribution in [0.1, 0.15) is 28.8 Å². The fourth-order valence-electron chi connectivity index (χ4n) is 2.05. The number of hydrogen-bond donors (Lipinski definition) is 3. The first-order valence-corrected chi connectivity index (χ1v) is 8.99. The minimum absolute atomic E-state index is 0.0222. The van der Waals surface area contributed by atoms with Gasteiger partial charge in [-0.05, 0) is 54.6 Å². The molecule has 3 amide bonds. The molecule has 0 fully saturated rings. The standard InChI is InChI=1S/C19H21N3O3S/c1-13-5-6-15(12-14(13)2)20-17(23)9-10-19(25)22-21-18(24)8-7-16-4-3-11-26-16/h3-8,11-12H,9-10H2,1-2H3,(H,20,23)(H,21,24)(H,22,25). The zero-order chi connectivity index (χ0) is 18.9. The van der Waals surface area contributed by atoms with Crippen LogP contribution in [0.4, 0.5) is 5.69 Å². The zero-order valence-corrected chi connectivity index (χ0v) is 15.5. The van der Waals surface area contributed by atoms with Crippen LogP contribution in [0.2, 0.25) is 0 Å². The molecule has 0 aliphatic heterocycles. The fraction of sp³-hybridized carbons (Fsp3) is 0.211. The van der Waals surface area contributed by atoms with E-state index in [9.17, 15) is 14.4 Å². The SMILES string of the molecule is Cc1ccc(NC(=O)CCC(=O)NNC(=O)C=Cc2cccs2)cc1C. The molecule has 26 heavy (non-hydrogen) atoms. The van der Waals surface area contributed by atoms with E-state index in [4.69, 9.17) is 0 Å². The summed E-state index contributed by atoms with van der Waals surface area (Å²) in [6.45, 7) is 3.96. The molecule has 6 nitrogen and oxygen atoms in total. The maximum atomic E-state index is 11.9. The average Bonchev–Trinajstić information content (AvgIpc) is 3.13. The lowest BCUT2D eigenvalue weighted by molar-refractivity contribution is -0.128. The summed E-state index contributed by atoms with van der Waals surface area (Å²) in [5.74, 6) is -1.13. The molecule has 7 heteroatoms. The number of amides is 3. The number of anilines is 1. The molecule has 2 aromatic rings. The van der Waals surface area contributed by atoms with E-state index in [0.29, 0.717) is 5.69 Å². The predicted molar refractivity (Wildman–Crippen MR) is 103 cm³/mol. The van der Waals surface area contributed by atoms with Crippen molar-refractivity contribution in [3.8, 4) is 0 Å². The smallest absolute Gasteiger partial charge is 0.262 e. The molecule has 0 radical (unpaired) electrons. The van der Waals surface area contributed by atoms with Crippen molar-refractivity contribution in [2.75, 3.05) is 5.32 Å². The van der Waals surface area contributed by atoms with Crippen molar-refractivity contribution in [3.63, 3.8) is 0 Å². The highest BCUT2D eigenvalue weighted by molar-refractivity contribution is 7.10. The number of carbonyl (C=O) groups is 3. The largest absolute Gasteiger partial charge is 0.326 e. The summed E-state index contributed by atoms with van der Waals surface area (Å²) in [5.41, 5.74) is 7.49. The Kier molecular flexibility index (Phi) is 7.11. The Morgan fingerprint density at radius 1 is 1.00 bits per heavy atom. The van der Waals surface area contributed by atoms with Crippen LogP contribution < -0.4 is 16.2 Å². The lowest BCUT2D eigenvalue weighted by atomic mass is 10.1. The van der Waals surface area contributed by atoms with Crippen molar-refractivity contribution in [3.05, 3.63) is 57.8 Å². The molecule has 1 aromatic heterocycles. The summed E-state index contributed by atoms with van der Waals surface area (Å²) < 4.78 is 0. The summed E-state index contributed by atoms with van der Waals surface area (Å²) >= 11 is 1.50. The number of rotatable bonds is 6. The molecule has 3 N–H and O–H groups in total. The molecular weight excluding hydrogens is 350 g/mol. The van der Waals surface area contributed by atoms with Gasteiger partial charge < -0.3 is 5.32 Å². The molecule has 0 spiro atoms. The second-order valence-corrected chi connectivity index (χ2v) is 6.71. The normalized spacial score (nSPS) is 10.5. The van der Waals surface area contributed by atoms with Gasteiger partial charge in [0.1, 0.15) is 0 Å². The third-order valence-corrected chi connectivity index (χ3v) is 4.47. The maximum absolute atomic E-state index is 11.9. The highest BCUT2D eigenvalue weighted by Gasteiger charge is 2.08. The van der Waals surface area contributed by atoms with E-state index in [1.165, 1.54) is 17.4 Å². The van der Waals surface area contributed by atoms with E-state index in [2.05, 4.69) is 16.2 Å². The van der Waals surface area contributed by atoms with Crippen molar-refractivity contribution in [1.82, 2.24) is 10.9 Å². The Hall–Kier alpha value is -2.93. The van der Waals surface area contributed by atoms with Crippen molar-refractivity contribution < 1.29 is 14.4 Å². The van der Waals surface area contributed by atoms with Gasteiger partial charge in [-0.2, -0.15) is 0 Å². The van der Waals surface area contributed by atoms with E-state index in [-0.39, 0.29) is 18.7 Å². The molecule has 0 bridgehead atoms. The molecule has 0 saturated carbocycles. The van der Waals surface area contributed by atoms with Gasteiger partial charge >= 0.3 is 0 Å². The number of hydrazine groups is 1. The van der Waals surface area contributed by atoms with Gasteiger partial charge in [0.15, 0.2) is 0 Å². The van der Waals surface area contributed by atoms with E-state index in [1.54, 1.807) is 6.08 Å². The molecule has 136 valence electrons. The van der Waals surface area contributed by atoms with Crippen LogP contribution >= 0.6 is 11.3 Å². The second kappa shape index (κ2) is 9.53. The first kappa shape index (κ1) is 19.4. The first-order valence-electron chi connectivity index (χ1n) is 8.11. The minimum Gasteiger partial charge on any atom is -0.326 e. The summed E-state index contributed by atoms with van der Waals surface area (Å²) in [6.07, 6.45) is 2.99. The number of thiophene rings is 1. The third kappa shape index (κ3) is 6.52. The first-order chi connectivity index (χ1) is 12.4. The van der Waals surface area contributed by atoms with Crippen LogP contribution in [0, 0.1) is 13.8 Å². The molecule has 0 unspecified atom stereocenters. The number of aryl methyl sites for hydroxylation is 2. The molecule has 0 aliphatic carbocycles. The monoisotopic (exact) mass is 371 g/mol. The number of nitrogens with one attached hydrogen (secondary N) is 3. The van der Waals surface area contributed by atoms with Gasteiger partial charge in [-0.1, -0.05) is 12.1 Å². The van der Waals surface area contributed by atoms with Crippen LogP contribution in [0.3, 0.4) is 0 Å². The van der Waals surface area contributed by atoms with Crippen LogP contribution in [0.5, 0.6) is 0 Å². The molecule has 0 aliphatic rings. The van der Waals surface area contributed by atoms with E-state index in [0.717, 1.165) is 16.0 Å². The Morgan fingerprint density at radius 2 is 1.77 bits per heavy atom. The summed E-state index contributed by atoms with van der Waals surface area (Å²) in [5, 5.41) is 4.65. The van der Waals surface area contributed by atoms with Gasteiger partial charge in [0.25, 0.3) is 5.91 Å². The van der Waals surface area contributed by atoms with Gasteiger partial charge in [-0.25, -0.2) is 0 Å². The lowest BCUT2D eigenvalue weighted by Crippen LogP contribution is -2.40. The van der Waals surface area contributed by atoms with Crippen LogP contribution in [0.15, 0.2) is 41.8 Å². The van der Waals surface area contributed by atoms with E-state index in [1.807, 2.05) is 49.6 Å². The summed E-state index contributed by atoms with van der Waals surface area (Å²) in [4.78, 5) is 36.1. The van der Waals surface area contributed by atoms with Gasteiger partial charge in [-0.15, -0.1) is 11.3 Å². The highest BCUT2D eigenvalue weighted by atomic mass is 32.1.